The second-order valence-electron chi connectivity index (χ2n) is 8.58. The van der Waals surface area contributed by atoms with Gasteiger partial charge in [0.2, 0.25) is 11.8 Å². The lowest BCUT2D eigenvalue weighted by Gasteiger charge is -2.16. The Kier molecular flexibility index (Phi) is 6.23. The monoisotopic (exact) mass is 467 g/mol. The molecule has 1 atom stereocenters. The zero-order chi connectivity index (χ0) is 23.5. The molecule has 1 fully saturated rings. The number of aromatic nitrogens is 1. The molecule has 1 aromatic heterocycles. The van der Waals surface area contributed by atoms with E-state index < -0.39 is 0 Å². The fourth-order valence-corrected chi connectivity index (χ4v) is 5.14. The van der Waals surface area contributed by atoms with Crippen molar-refractivity contribution in [2.45, 2.75) is 19.9 Å². The number of carbonyl (C=O) groups excluding carboxylic acids is 2. The van der Waals surface area contributed by atoms with Crippen LogP contribution in [0.15, 0.2) is 84.2 Å². The largest absolute Gasteiger partial charge is 0.338 e. The third-order valence-electron chi connectivity index (χ3n) is 6.13. The molecule has 2 amide bonds. The van der Waals surface area contributed by atoms with E-state index in [1.807, 2.05) is 66.7 Å². The molecule has 3 aromatic carbocycles. The van der Waals surface area contributed by atoms with Gasteiger partial charge in [-0.05, 0) is 30.2 Å². The average molecular weight is 468 g/mol. The highest BCUT2D eigenvalue weighted by molar-refractivity contribution is 7.13. The van der Waals surface area contributed by atoms with E-state index in [1.54, 1.807) is 16.2 Å². The van der Waals surface area contributed by atoms with Crippen LogP contribution in [0.3, 0.4) is 0 Å². The highest BCUT2D eigenvalue weighted by atomic mass is 32.1. The predicted octanol–water partition coefficient (Wildman–Crippen LogP) is 5.77. The lowest BCUT2D eigenvalue weighted by Crippen LogP contribution is -2.28. The highest BCUT2D eigenvalue weighted by Crippen LogP contribution is 2.31. The minimum Gasteiger partial charge on any atom is -0.338 e. The van der Waals surface area contributed by atoms with Gasteiger partial charge in [-0.25, -0.2) is 4.98 Å². The number of amides is 2. The Morgan fingerprint density at radius 1 is 1.03 bits per heavy atom. The average Bonchev–Trinajstić information content (AvgIpc) is 3.48. The topological polar surface area (TPSA) is 62.3 Å². The number of benzene rings is 3. The summed E-state index contributed by atoms with van der Waals surface area (Å²) >= 11 is 1.63. The summed E-state index contributed by atoms with van der Waals surface area (Å²) in [5, 5.41) is 6.02. The molecular weight excluding hydrogens is 442 g/mol. The fraction of sp³-hybridized carbons (Fsp3) is 0.179. The van der Waals surface area contributed by atoms with Crippen LogP contribution in [0.4, 0.5) is 5.69 Å². The molecule has 5 rings (SSSR count). The molecule has 0 spiro atoms. The van der Waals surface area contributed by atoms with Crippen LogP contribution in [-0.2, 0) is 16.1 Å². The van der Waals surface area contributed by atoms with E-state index in [4.69, 9.17) is 4.98 Å². The molecule has 1 aliphatic rings. The van der Waals surface area contributed by atoms with Gasteiger partial charge in [-0.3, -0.25) is 9.59 Å². The number of rotatable bonds is 6. The van der Waals surface area contributed by atoms with Crippen LogP contribution in [0.5, 0.6) is 0 Å². The smallest absolute Gasteiger partial charge is 0.229 e. The van der Waals surface area contributed by atoms with Gasteiger partial charge < -0.3 is 10.2 Å². The van der Waals surface area contributed by atoms with Gasteiger partial charge in [0.05, 0.1) is 11.6 Å². The van der Waals surface area contributed by atoms with Gasteiger partial charge in [-0.1, -0.05) is 66.7 Å². The zero-order valence-electron chi connectivity index (χ0n) is 18.9. The lowest BCUT2D eigenvalue weighted by atomic mass is 10.1. The Balaban J connectivity index is 1.21. The van der Waals surface area contributed by atoms with Crippen molar-refractivity contribution >= 4 is 28.8 Å². The van der Waals surface area contributed by atoms with Crippen molar-refractivity contribution in [3.05, 3.63) is 95.4 Å². The summed E-state index contributed by atoms with van der Waals surface area (Å²) in [5.74, 6) is -0.439. The van der Waals surface area contributed by atoms with Gasteiger partial charge in [0.25, 0.3) is 0 Å². The summed E-state index contributed by atoms with van der Waals surface area (Å²) in [7, 11) is 0. The van der Waals surface area contributed by atoms with Crippen molar-refractivity contribution in [3.8, 4) is 21.8 Å². The highest BCUT2D eigenvalue weighted by Gasteiger charge is 2.34. The summed E-state index contributed by atoms with van der Waals surface area (Å²) in [6.07, 6.45) is 0.247. The Bertz CT molecular complexity index is 1320. The van der Waals surface area contributed by atoms with E-state index in [-0.39, 0.29) is 24.2 Å². The molecule has 1 saturated heterocycles. The Morgan fingerprint density at radius 2 is 1.76 bits per heavy atom. The van der Waals surface area contributed by atoms with Crippen molar-refractivity contribution in [1.82, 2.24) is 9.88 Å². The molecule has 1 aliphatic heterocycles. The molecule has 0 radical (unpaired) electrons. The van der Waals surface area contributed by atoms with E-state index in [2.05, 4.69) is 29.8 Å². The first-order valence-electron chi connectivity index (χ1n) is 11.3. The minimum absolute atomic E-state index is 0.0207. The van der Waals surface area contributed by atoms with Gasteiger partial charge in [-0.2, -0.15) is 0 Å². The van der Waals surface area contributed by atoms with Gasteiger partial charge in [-0.15, -0.1) is 11.3 Å². The van der Waals surface area contributed by atoms with Crippen LogP contribution in [-0.4, -0.2) is 28.2 Å². The molecule has 5 nitrogen and oxygen atoms in total. The predicted molar refractivity (Wildman–Crippen MR) is 136 cm³/mol. The summed E-state index contributed by atoms with van der Waals surface area (Å²) in [4.78, 5) is 31.8. The van der Waals surface area contributed by atoms with Crippen LogP contribution in [0.25, 0.3) is 21.8 Å². The summed E-state index contributed by atoms with van der Waals surface area (Å²) in [6.45, 7) is 3.07. The van der Waals surface area contributed by atoms with E-state index >= 15 is 0 Å². The molecule has 4 aromatic rings. The van der Waals surface area contributed by atoms with Crippen molar-refractivity contribution < 1.29 is 9.59 Å². The maximum absolute atomic E-state index is 12.8. The standard InChI is InChI=1S/C28H25N3O2S/c1-19-7-5-6-10-24(19)28-30-25(18-34-28)21-11-13-23(14-12-21)29-27(33)22-15-26(32)31(17-22)16-20-8-3-2-4-9-20/h2-14,18,22H,15-17H2,1H3,(H,29,33). The molecule has 0 aliphatic carbocycles. The molecule has 0 bridgehead atoms. The normalized spacial score (nSPS) is 15.5. The van der Waals surface area contributed by atoms with Gasteiger partial charge in [0.1, 0.15) is 5.01 Å². The minimum atomic E-state index is -0.342. The number of nitrogens with one attached hydrogen (secondary N) is 1. The van der Waals surface area contributed by atoms with E-state index in [0.717, 1.165) is 33.1 Å². The lowest BCUT2D eigenvalue weighted by molar-refractivity contribution is -0.128. The molecule has 1 unspecified atom stereocenters. The SMILES string of the molecule is Cc1ccccc1-c1nc(-c2ccc(NC(=O)C3CC(=O)N(Cc4ccccc4)C3)cc2)cs1. The van der Waals surface area contributed by atoms with E-state index in [9.17, 15) is 9.59 Å². The quantitative estimate of drug-likeness (QED) is 0.391. The van der Waals surface area contributed by atoms with Crippen LogP contribution in [0, 0.1) is 12.8 Å². The van der Waals surface area contributed by atoms with E-state index in [0.29, 0.717) is 13.1 Å². The summed E-state index contributed by atoms with van der Waals surface area (Å²) in [5.41, 5.74) is 6.06. The molecule has 1 N–H and O–H groups in total. The van der Waals surface area contributed by atoms with Crippen molar-refractivity contribution in [3.63, 3.8) is 0 Å². The Morgan fingerprint density at radius 3 is 2.53 bits per heavy atom. The molecule has 34 heavy (non-hydrogen) atoms. The van der Waals surface area contributed by atoms with Gasteiger partial charge >= 0.3 is 0 Å². The molecule has 6 heteroatoms. The van der Waals surface area contributed by atoms with Crippen LogP contribution in [0.1, 0.15) is 17.5 Å². The number of likely N-dealkylation sites (tertiary alicyclic amines) is 1. The number of hydrogen-bond acceptors (Lipinski definition) is 4. The van der Waals surface area contributed by atoms with Crippen LogP contribution in [0.2, 0.25) is 0 Å². The number of hydrogen-bond donors (Lipinski definition) is 1. The van der Waals surface area contributed by atoms with Crippen LogP contribution < -0.4 is 5.32 Å². The summed E-state index contributed by atoms with van der Waals surface area (Å²) < 4.78 is 0. The maximum Gasteiger partial charge on any atom is 0.229 e. The van der Waals surface area contributed by atoms with Crippen molar-refractivity contribution in [1.29, 1.82) is 0 Å². The maximum atomic E-state index is 12.8. The van der Waals surface area contributed by atoms with Crippen molar-refractivity contribution in [2.24, 2.45) is 5.92 Å². The fourth-order valence-electron chi connectivity index (χ4n) is 4.22. The van der Waals surface area contributed by atoms with Crippen LogP contribution >= 0.6 is 11.3 Å². The first-order chi connectivity index (χ1) is 16.6. The molecule has 2 heterocycles. The first kappa shape index (κ1) is 22.0. The van der Waals surface area contributed by atoms with E-state index in [1.165, 1.54) is 5.56 Å². The van der Waals surface area contributed by atoms with Crippen molar-refractivity contribution in [2.75, 3.05) is 11.9 Å². The molecule has 170 valence electrons. The number of carbonyl (C=O) groups is 2. The number of thiazole rings is 1. The number of aryl methyl sites for hydroxylation is 1. The number of nitrogens with zero attached hydrogens (tertiary/aromatic N) is 2. The van der Waals surface area contributed by atoms with Gasteiger partial charge in [0.15, 0.2) is 0 Å². The van der Waals surface area contributed by atoms with Gasteiger partial charge in [0, 0.05) is 41.7 Å². The summed E-state index contributed by atoms with van der Waals surface area (Å²) in [6, 6.07) is 25.8. The second-order valence-corrected chi connectivity index (χ2v) is 9.44. The first-order valence-corrected chi connectivity index (χ1v) is 12.2. The Labute approximate surface area is 203 Å². The molecule has 0 saturated carbocycles. The zero-order valence-corrected chi connectivity index (χ0v) is 19.7. The third-order valence-corrected chi connectivity index (χ3v) is 7.00. The number of anilines is 1. The second kappa shape index (κ2) is 9.61. The third kappa shape index (κ3) is 4.77. The molecular formula is C28H25N3O2S. The Hall–Kier alpha value is -3.77.